The van der Waals surface area contributed by atoms with Crippen LogP contribution < -0.4 is 10.6 Å². The highest BCUT2D eigenvalue weighted by Gasteiger charge is 2.72. The van der Waals surface area contributed by atoms with E-state index in [1.165, 1.54) is 18.4 Å². The van der Waals surface area contributed by atoms with Gasteiger partial charge in [-0.15, -0.1) is 0 Å². The highest BCUT2D eigenvalue weighted by atomic mass is 16.6. The number of allylic oxidation sites excluding steroid dienone is 1. The van der Waals surface area contributed by atoms with E-state index in [9.17, 15) is 9.59 Å². The predicted molar refractivity (Wildman–Crippen MR) is 145 cm³/mol. The Bertz CT molecular complexity index is 886. The second kappa shape index (κ2) is 11.8. The summed E-state index contributed by atoms with van der Waals surface area (Å²) in [7, 11) is 3.80. The van der Waals surface area contributed by atoms with E-state index in [0.717, 1.165) is 25.8 Å². The molecule has 1 aliphatic carbocycles. The Morgan fingerprint density at radius 3 is 2.55 bits per heavy atom. The Hall–Kier alpha value is -1.68. The molecule has 0 aromatic carbocycles. The summed E-state index contributed by atoms with van der Waals surface area (Å²) in [6.07, 6.45) is 6.46. The zero-order chi connectivity index (χ0) is 27.7. The number of ether oxygens (including phenoxy) is 4. The molecule has 38 heavy (non-hydrogen) atoms. The van der Waals surface area contributed by atoms with Crippen molar-refractivity contribution in [1.82, 2.24) is 15.5 Å². The molecular formula is C29H49N3O6. The van der Waals surface area contributed by atoms with Gasteiger partial charge < -0.3 is 34.5 Å². The molecule has 9 nitrogen and oxygen atoms in total. The lowest BCUT2D eigenvalue weighted by Gasteiger charge is -2.42. The average molecular weight is 536 g/mol. The first kappa shape index (κ1) is 29.3. The van der Waals surface area contributed by atoms with Crippen LogP contribution in [0, 0.1) is 11.8 Å². The standard InChI is InChI=1S/C29H49N3O6/c1-18(2)10-11-22-28(5,38-22)25-24(35-7)21(12-14-29(25)17-36-29)37-27(34)31-23(19(3)4)26(33)30-15-13-20-9-8-16-32(20)6/h10,19-25H,8-9,11-17H2,1-7H3,(H,30,33)(H,31,34)/t20?,21-,22-,23-,24?,25-,28+,29+/m1/s1. The van der Waals surface area contributed by atoms with Gasteiger partial charge in [-0.1, -0.05) is 25.5 Å². The fourth-order valence-corrected chi connectivity index (χ4v) is 6.72. The van der Waals surface area contributed by atoms with Crippen LogP contribution in [0.2, 0.25) is 0 Å². The van der Waals surface area contributed by atoms with Gasteiger partial charge >= 0.3 is 6.09 Å². The quantitative estimate of drug-likeness (QED) is 0.309. The summed E-state index contributed by atoms with van der Waals surface area (Å²) in [5.41, 5.74) is 0.592. The SMILES string of the molecule is COC1[C@H](OC(=O)N[C@@H](C(=O)NCCC2CCCN2C)C(C)C)CC[C@]2(CO2)[C@H]1[C@@]1(C)O[C@@H]1CC=C(C)C. The van der Waals surface area contributed by atoms with E-state index < -0.39 is 23.8 Å². The summed E-state index contributed by atoms with van der Waals surface area (Å²) < 4.78 is 24.2. The zero-order valence-corrected chi connectivity index (χ0v) is 24.4. The number of hydrogen-bond acceptors (Lipinski definition) is 7. The molecule has 4 aliphatic rings. The third-order valence-electron chi connectivity index (χ3n) is 9.17. The first-order valence-corrected chi connectivity index (χ1v) is 14.4. The highest BCUT2D eigenvalue weighted by Crippen LogP contribution is 2.59. The Labute approximate surface area is 228 Å². The van der Waals surface area contributed by atoms with E-state index in [1.54, 1.807) is 7.11 Å². The fraction of sp³-hybridized carbons (Fsp3) is 0.862. The molecule has 4 fully saturated rings. The number of epoxide rings is 2. The molecule has 0 aromatic rings. The van der Waals surface area contributed by atoms with E-state index in [-0.39, 0.29) is 35.6 Å². The molecule has 8 atom stereocenters. The van der Waals surface area contributed by atoms with Crippen molar-refractivity contribution in [2.45, 2.75) is 115 Å². The number of hydrogen-bond donors (Lipinski definition) is 2. The van der Waals surface area contributed by atoms with Crippen molar-refractivity contribution in [1.29, 1.82) is 0 Å². The Morgan fingerprint density at radius 2 is 1.97 bits per heavy atom. The van der Waals surface area contributed by atoms with Gasteiger partial charge in [-0.25, -0.2) is 4.79 Å². The summed E-state index contributed by atoms with van der Waals surface area (Å²) >= 11 is 0. The first-order valence-electron chi connectivity index (χ1n) is 14.4. The van der Waals surface area contributed by atoms with Crippen molar-refractivity contribution in [3.8, 4) is 0 Å². The number of carbonyl (C=O) groups excluding carboxylic acids is 2. The van der Waals surface area contributed by atoms with Crippen LogP contribution in [0.5, 0.6) is 0 Å². The summed E-state index contributed by atoms with van der Waals surface area (Å²) in [4.78, 5) is 28.4. The highest BCUT2D eigenvalue weighted by molar-refractivity contribution is 5.85. The second-order valence-corrected chi connectivity index (χ2v) is 12.5. The summed E-state index contributed by atoms with van der Waals surface area (Å²) in [5, 5.41) is 5.85. The fourth-order valence-electron chi connectivity index (χ4n) is 6.72. The average Bonchev–Trinajstić information content (AvgIpc) is 3.73. The Morgan fingerprint density at radius 1 is 1.24 bits per heavy atom. The van der Waals surface area contributed by atoms with Gasteiger partial charge in [0.2, 0.25) is 5.91 Å². The lowest BCUT2D eigenvalue weighted by Crippen LogP contribution is -2.57. The van der Waals surface area contributed by atoms with E-state index in [2.05, 4.69) is 49.4 Å². The maximum Gasteiger partial charge on any atom is 0.408 e. The third-order valence-corrected chi connectivity index (χ3v) is 9.17. The van der Waals surface area contributed by atoms with E-state index >= 15 is 0 Å². The van der Waals surface area contributed by atoms with Gasteiger partial charge in [-0.2, -0.15) is 0 Å². The van der Waals surface area contributed by atoms with Crippen LogP contribution in [0.15, 0.2) is 11.6 Å². The molecule has 0 bridgehead atoms. The molecule has 4 rings (SSSR count). The summed E-state index contributed by atoms with van der Waals surface area (Å²) in [6.45, 7) is 12.5. The number of amides is 2. The summed E-state index contributed by atoms with van der Waals surface area (Å²) in [5.74, 6) is -0.291. The molecule has 3 saturated heterocycles. The van der Waals surface area contributed by atoms with Crippen LogP contribution >= 0.6 is 0 Å². The van der Waals surface area contributed by atoms with E-state index in [1.807, 2.05) is 13.8 Å². The predicted octanol–water partition coefficient (Wildman–Crippen LogP) is 3.41. The third kappa shape index (κ3) is 6.37. The van der Waals surface area contributed by atoms with E-state index in [0.29, 0.717) is 25.6 Å². The van der Waals surface area contributed by atoms with Gasteiger partial charge in [0.25, 0.3) is 0 Å². The maximum atomic E-state index is 13.1. The normalized spacial score (nSPS) is 37.1. The number of alkyl carbamates (subject to hydrolysis) is 1. The Balaban J connectivity index is 1.34. The summed E-state index contributed by atoms with van der Waals surface area (Å²) in [6, 6.07) is -0.159. The van der Waals surface area contributed by atoms with Crippen LogP contribution in [0.3, 0.4) is 0 Å². The lowest BCUT2D eigenvalue weighted by atomic mass is 9.68. The second-order valence-electron chi connectivity index (χ2n) is 12.5. The van der Waals surface area contributed by atoms with Crippen molar-refractivity contribution >= 4 is 12.0 Å². The molecular weight excluding hydrogens is 486 g/mol. The minimum Gasteiger partial charge on any atom is -0.443 e. The van der Waals surface area contributed by atoms with Crippen LogP contribution in [0.1, 0.15) is 73.1 Å². The lowest BCUT2D eigenvalue weighted by molar-refractivity contribution is -0.125. The van der Waals surface area contributed by atoms with E-state index in [4.69, 9.17) is 18.9 Å². The van der Waals surface area contributed by atoms with Crippen molar-refractivity contribution in [3.05, 3.63) is 11.6 Å². The van der Waals surface area contributed by atoms with Gasteiger partial charge in [-0.05, 0) is 78.8 Å². The number of likely N-dealkylation sites (tertiary alicyclic amines) is 1. The number of nitrogens with zero attached hydrogens (tertiary/aromatic N) is 1. The topological polar surface area (TPSA) is 105 Å². The molecule has 0 aromatic heterocycles. The molecule has 216 valence electrons. The number of rotatable bonds is 11. The van der Waals surface area contributed by atoms with Crippen LogP contribution in [0.4, 0.5) is 4.79 Å². The van der Waals surface area contributed by atoms with Gasteiger partial charge in [0, 0.05) is 19.7 Å². The van der Waals surface area contributed by atoms with Crippen molar-refractivity contribution in [2.75, 3.05) is 33.9 Å². The van der Waals surface area contributed by atoms with Crippen molar-refractivity contribution in [3.63, 3.8) is 0 Å². The van der Waals surface area contributed by atoms with Gasteiger partial charge in [-0.3, -0.25) is 4.79 Å². The van der Waals surface area contributed by atoms with Gasteiger partial charge in [0.1, 0.15) is 29.5 Å². The van der Waals surface area contributed by atoms with Gasteiger partial charge in [0.05, 0.1) is 18.6 Å². The Kier molecular flexibility index (Phi) is 9.12. The molecule has 2 amide bonds. The molecule has 0 radical (unpaired) electrons. The van der Waals surface area contributed by atoms with Crippen LogP contribution in [-0.4, -0.2) is 92.4 Å². The molecule has 3 aliphatic heterocycles. The zero-order valence-electron chi connectivity index (χ0n) is 24.4. The molecule has 1 saturated carbocycles. The van der Waals surface area contributed by atoms with Crippen LogP contribution in [0.25, 0.3) is 0 Å². The van der Waals surface area contributed by atoms with Crippen molar-refractivity contribution < 1.29 is 28.5 Å². The van der Waals surface area contributed by atoms with Crippen LogP contribution in [-0.2, 0) is 23.7 Å². The molecule has 2 unspecified atom stereocenters. The largest absolute Gasteiger partial charge is 0.443 e. The molecule has 1 spiro atoms. The number of carbonyl (C=O) groups is 2. The molecule has 2 N–H and O–H groups in total. The number of nitrogens with one attached hydrogen (secondary N) is 2. The smallest absolute Gasteiger partial charge is 0.408 e. The first-order chi connectivity index (χ1) is 18.0. The van der Waals surface area contributed by atoms with Crippen molar-refractivity contribution in [2.24, 2.45) is 11.8 Å². The molecule has 3 heterocycles. The number of methoxy groups -OCH3 is 1. The van der Waals surface area contributed by atoms with Gasteiger partial charge in [0.15, 0.2) is 0 Å². The monoisotopic (exact) mass is 535 g/mol. The minimum absolute atomic E-state index is 0.0416. The minimum atomic E-state index is -0.667. The maximum absolute atomic E-state index is 13.1. The molecule has 9 heteroatoms.